The van der Waals surface area contributed by atoms with E-state index in [0.717, 1.165) is 5.56 Å². The number of halogens is 1. The van der Waals surface area contributed by atoms with Gasteiger partial charge in [0, 0.05) is 28.6 Å². The van der Waals surface area contributed by atoms with Gasteiger partial charge in [-0.1, -0.05) is 41.9 Å². The summed E-state index contributed by atoms with van der Waals surface area (Å²) < 4.78 is 12.8. The molecule has 3 aromatic carbocycles. The molecule has 1 aliphatic heterocycles. The topological polar surface area (TPSA) is 90.3 Å². The van der Waals surface area contributed by atoms with E-state index in [1.807, 2.05) is 67.6 Å². The van der Waals surface area contributed by atoms with Crippen molar-refractivity contribution in [3.63, 3.8) is 0 Å². The van der Waals surface area contributed by atoms with Gasteiger partial charge >= 0.3 is 0 Å². The molecule has 0 spiro atoms. The largest absolute Gasteiger partial charge is 0.497 e. The number of methoxy groups -OCH3 is 2. The first-order valence-corrected chi connectivity index (χ1v) is 11.7. The van der Waals surface area contributed by atoms with E-state index in [9.17, 15) is 4.79 Å². The van der Waals surface area contributed by atoms with Gasteiger partial charge in [0.25, 0.3) is 5.91 Å². The molecule has 182 valence electrons. The minimum Gasteiger partial charge on any atom is -0.497 e. The molecular formula is C27H24ClN5O3. The van der Waals surface area contributed by atoms with E-state index in [1.165, 1.54) is 0 Å². The highest BCUT2D eigenvalue weighted by atomic mass is 35.5. The van der Waals surface area contributed by atoms with Crippen molar-refractivity contribution >= 4 is 29.1 Å². The summed E-state index contributed by atoms with van der Waals surface area (Å²) in [5.41, 5.74) is 3.23. The molecule has 36 heavy (non-hydrogen) atoms. The second-order valence-electron chi connectivity index (χ2n) is 8.18. The number of carbonyl (C=O) groups is 1. The number of ether oxygens (including phenoxy) is 2. The maximum Gasteiger partial charge on any atom is 0.255 e. The zero-order valence-electron chi connectivity index (χ0n) is 19.9. The summed E-state index contributed by atoms with van der Waals surface area (Å²) in [7, 11) is 3.17. The maximum atomic E-state index is 13.7. The number of allylic oxidation sites excluding steroid dienone is 1. The van der Waals surface area contributed by atoms with Gasteiger partial charge in [-0.2, -0.15) is 4.98 Å². The maximum absolute atomic E-state index is 13.7. The predicted molar refractivity (Wildman–Crippen MR) is 140 cm³/mol. The number of rotatable bonds is 6. The van der Waals surface area contributed by atoms with E-state index in [1.54, 1.807) is 31.0 Å². The predicted octanol–water partition coefficient (Wildman–Crippen LogP) is 5.54. The van der Waals surface area contributed by atoms with Gasteiger partial charge < -0.3 is 20.1 Å². The fourth-order valence-corrected chi connectivity index (χ4v) is 4.47. The highest BCUT2D eigenvalue weighted by molar-refractivity contribution is 6.33. The van der Waals surface area contributed by atoms with Crippen molar-refractivity contribution in [2.45, 2.75) is 13.0 Å². The number of fused-ring (bicyclic) bond motifs is 1. The lowest BCUT2D eigenvalue weighted by atomic mass is 9.94. The van der Waals surface area contributed by atoms with Crippen molar-refractivity contribution < 1.29 is 14.3 Å². The average molecular weight is 502 g/mol. The Hall–Kier alpha value is -4.30. The van der Waals surface area contributed by atoms with E-state index in [-0.39, 0.29) is 5.91 Å². The number of carbonyl (C=O) groups excluding carboxylic acids is 1. The van der Waals surface area contributed by atoms with Gasteiger partial charge in [0.05, 0.1) is 24.8 Å². The number of hydrogen-bond acceptors (Lipinski definition) is 6. The third-order valence-electron chi connectivity index (χ3n) is 5.98. The number of hydrogen-bond donors (Lipinski definition) is 2. The smallest absolute Gasteiger partial charge is 0.255 e. The molecule has 0 aliphatic carbocycles. The minimum absolute atomic E-state index is 0.269. The van der Waals surface area contributed by atoms with Crippen LogP contribution in [0.3, 0.4) is 0 Å². The number of aromatic nitrogens is 3. The molecule has 0 fully saturated rings. The highest BCUT2D eigenvalue weighted by Crippen LogP contribution is 2.41. The SMILES string of the molecule is COc1ccc(C2C(C(=O)Nc3ccccc3)=C(C)Nc3nc(-c4ccccc4Cl)nn32)c(OC)c1. The van der Waals surface area contributed by atoms with Crippen LogP contribution in [0.4, 0.5) is 11.6 Å². The number of amides is 1. The standard InChI is InChI=1S/C27H24ClN5O3/c1-16-23(26(34)30-17-9-5-4-6-10-17)24(20-14-13-18(35-2)15-22(20)36-3)33-27(29-16)31-25(32-33)19-11-7-8-12-21(19)28/h4-15,24H,1-3H3,(H,30,34)(H,29,31,32). The summed E-state index contributed by atoms with van der Waals surface area (Å²) in [6.45, 7) is 1.84. The van der Waals surface area contributed by atoms with Crippen molar-refractivity contribution in [2.24, 2.45) is 0 Å². The average Bonchev–Trinajstić information content (AvgIpc) is 3.31. The summed E-state index contributed by atoms with van der Waals surface area (Å²) in [5.74, 6) is 1.85. The van der Waals surface area contributed by atoms with Crippen molar-refractivity contribution in [3.8, 4) is 22.9 Å². The van der Waals surface area contributed by atoms with Crippen molar-refractivity contribution in [1.82, 2.24) is 14.8 Å². The van der Waals surface area contributed by atoms with E-state index < -0.39 is 6.04 Å². The lowest BCUT2D eigenvalue weighted by Crippen LogP contribution is -2.31. The molecule has 1 aliphatic rings. The van der Waals surface area contributed by atoms with Crippen LogP contribution < -0.4 is 20.1 Å². The molecule has 0 radical (unpaired) electrons. The Bertz CT molecular complexity index is 1470. The highest BCUT2D eigenvalue weighted by Gasteiger charge is 2.36. The monoisotopic (exact) mass is 501 g/mol. The molecule has 1 atom stereocenters. The number of nitrogens with zero attached hydrogens (tertiary/aromatic N) is 3. The first-order valence-electron chi connectivity index (χ1n) is 11.3. The molecule has 0 saturated heterocycles. The van der Waals surface area contributed by atoms with Gasteiger partial charge in [0.1, 0.15) is 17.5 Å². The van der Waals surface area contributed by atoms with E-state index in [4.69, 9.17) is 31.2 Å². The van der Waals surface area contributed by atoms with Crippen LogP contribution in [-0.4, -0.2) is 34.9 Å². The summed E-state index contributed by atoms with van der Waals surface area (Å²) >= 11 is 6.44. The van der Waals surface area contributed by atoms with Crippen LogP contribution in [0.1, 0.15) is 18.5 Å². The number of anilines is 2. The van der Waals surface area contributed by atoms with Crippen LogP contribution in [0.5, 0.6) is 11.5 Å². The Balaban J connectivity index is 1.67. The summed E-state index contributed by atoms with van der Waals surface area (Å²) in [6.07, 6.45) is 0. The summed E-state index contributed by atoms with van der Waals surface area (Å²) in [4.78, 5) is 18.4. The Morgan fingerprint density at radius 3 is 2.50 bits per heavy atom. The number of para-hydroxylation sites is 1. The van der Waals surface area contributed by atoms with Gasteiger partial charge in [-0.25, -0.2) is 4.68 Å². The first kappa shape index (κ1) is 23.4. The third-order valence-corrected chi connectivity index (χ3v) is 6.31. The molecule has 1 amide bonds. The van der Waals surface area contributed by atoms with Gasteiger partial charge in [-0.15, -0.1) is 5.10 Å². The minimum atomic E-state index is -0.630. The molecule has 9 heteroatoms. The van der Waals surface area contributed by atoms with E-state index >= 15 is 0 Å². The van der Waals surface area contributed by atoms with Gasteiger partial charge in [0.15, 0.2) is 5.82 Å². The molecule has 0 bridgehead atoms. The normalized spacial score (nSPS) is 14.6. The second kappa shape index (κ2) is 9.75. The van der Waals surface area contributed by atoms with Crippen LogP contribution in [0.15, 0.2) is 84.1 Å². The third kappa shape index (κ3) is 4.27. The zero-order chi connectivity index (χ0) is 25.2. The molecule has 2 N–H and O–H groups in total. The second-order valence-corrected chi connectivity index (χ2v) is 8.58. The molecule has 1 unspecified atom stereocenters. The van der Waals surface area contributed by atoms with Crippen molar-refractivity contribution in [3.05, 3.63) is 94.7 Å². The lowest BCUT2D eigenvalue weighted by molar-refractivity contribution is -0.113. The van der Waals surface area contributed by atoms with Crippen molar-refractivity contribution in [1.29, 1.82) is 0 Å². The van der Waals surface area contributed by atoms with Crippen LogP contribution in [-0.2, 0) is 4.79 Å². The fourth-order valence-electron chi connectivity index (χ4n) is 4.25. The van der Waals surface area contributed by atoms with Gasteiger partial charge in [0.2, 0.25) is 5.95 Å². The van der Waals surface area contributed by atoms with Crippen LogP contribution >= 0.6 is 11.6 Å². The molecule has 5 rings (SSSR count). The Morgan fingerprint density at radius 1 is 1.03 bits per heavy atom. The van der Waals surface area contributed by atoms with Crippen molar-refractivity contribution in [2.75, 3.05) is 24.9 Å². The van der Waals surface area contributed by atoms with Crippen LogP contribution in [0, 0.1) is 0 Å². The fraction of sp³-hybridized carbons (Fsp3) is 0.148. The van der Waals surface area contributed by atoms with E-state index in [2.05, 4.69) is 10.6 Å². The molecule has 1 aromatic heterocycles. The number of benzene rings is 3. The first-order chi connectivity index (χ1) is 17.5. The molecule has 2 heterocycles. The molecule has 8 nitrogen and oxygen atoms in total. The lowest BCUT2D eigenvalue weighted by Gasteiger charge is -2.29. The molecule has 4 aromatic rings. The van der Waals surface area contributed by atoms with Gasteiger partial charge in [-0.3, -0.25) is 4.79 Å². The van der Waals surface area contributed by atoms with Crippen LogP contribution in [0.2, 0.25) is 5.02 Å². The van der Waals surface area contributed by atoms with Gasteiger partial charge in [-0.05, 0) is 43.3 Å². The van der Waals surface area contributed by atoms with E-state index in [0.29, 0.717) is 50.8 Å². The Labute approximate surface area is 213 Å². The quantitative estimate of drug-likeness (QED) is 0.360. The zero-order valence-corrected chi connectivity index (χ0v) is 20.7. The number of nitrogens with one attached hydrogen (secondary N) is 2. The Kier molecular flexibility index (Phi) is 6.35. The summed E-state index contributed by atoms with van der Waals surface area (Å²) in [5, 5.41) is 11.6. The summed E-state index contributed by atoms with van der Waals surface area (Å²) in [6, 6.07) is 21.5. The van der Waals surface area contributed by atoms with Crippen LogP contribution in [0.25, 0.3) is 11.4 Å². The molecule has 0 saturated carbocycles. The Morgan fingerprint density at radius 2 is 1.78 bits per heavy atom. The molecular weight excluding hydrogens is 478 g/mol.